The summed E-state index contributed by atoms with van der Waals surface area (Å²) in [6.45, 7) is -0.530. The van der Waals surface area contributed by atoms with E-state index >= 15 is 4.39 Å². The number of nitrogens with zero attached hydrogens (tertiary/aromatic N) is 7. The Morgan fingerprint density at radius 3 is 2.76 bits per heavy atom. The van der Waals surface area contributed by atoms with E-state index in [4.69, 9.17) is 18.8 Å². The number of anilines is 1. The lowest BCUT2D eigenvalue weighted by molar-refractivity contribution is -0.753. The maximum Gasteiger partial charge on any atom is 0.418 e. The number of esters is 1. The van der Waals surface area contributed by atoms with Crippen LogP contribution in [0.2, 0.25) is 0 Å². The van der Waals surface area contributed by atoms with Crippen molar-refractivity contribution in [3.63, 3.8) is 0 Å². The lowest BCUT2D eigenvalue weighted by atomic mass is 9.82. The summed E-state index contributed by atoms with van der Waals surface area (Å²) in [5.74, 6) is -3.18. The highest BCUT2D eigenvalue weighted by Crippen LogP contribution is 2.41. The summed E-state index contributed by atoms with van der Waals surface area (Å²) >= 11 is 1.23. The Balaban J connectivity index is 1.31. The van der Waals surface area contributed by atoms with E-state index in [9.17, 15) is 19.1 Å². The Morgan fingerprint density at radius 2 is 2.02 bits per heavy atom. The van der Waals surface area contributed by atoms with Gasteiger partial charge in [-0.05, 0) is 43.4 Å². The topological polar surface area (TPSA) is 159 Å². The molecular weight excluding hydrogens is 682 g/mol. The number of thiazole rings is 1. The molecule has 3 heterocycles. The molecule has 0 saturated carbocycles. The van der Waals surface area contributed by atoms with Gasteiger partial charge in [0.25, 0.3) is 6.33 Å². The van der Waals surface area contributed by atoms with E-state index in [1.165, 1.54) is 46.5 Å². The Kier molecular flexibility index (Phi) is 10.2. The second-order valence-corrected chi connectivity index (χ2v) is 12.4. The lowest BCUT2D eigenvalue weighted by Gasteiger charge is -2.32. The number of hydrogen-bond donors (Lipinski definition) is 2. The fraction of sp³-hybridized carbons (Fsp3) is 0.286. The molecule has 16 heteroatoms. The van der Waals surface area contributed by atoms with Crippen molar-refractivity contribution in [2.45, 2.75) is 44.7 Å². The minimum atomic E-state index is -2.52. The van der Waals surface area contributed by atoms with E-state index in [0.29, 0.717) is 21.8 Å². The molecule has 1 amide bonds. The SMILES string of the molecule is [2H]C([2H])([2H])NCC(=O)OCc1cccnc1N(C)C(=O)OC(C)[n+]1cnn(C[C@](O)(c2cc(F)ccc2F)[C@@H](C)c2nc(-c3ccc(C#N)cc3)cs2)c1. The van der Waals surface area contributed by atoms with Crippen molar-refractivity contribution < 1.29 is 41.6 Å². The van der Waals surface area contributed by atoms with Crippen molar-refractivity contribution in [2.24, 2.45) is 0 Å². The van der Waals surface area contributed by atoms with Crippen molar-refractivity contribution in [2.75, 3.05) is 25.5 Å². The maximum absolute atomic E-state index is 15.4. The first-order valence-electron chi connectivity index (χ1n) is 16.9. The molecule has 3 atom stereocenters. The van der Waals surface area contributed by atoms with Crippen molar-refractivity contribution in [3.8, 4) is 17.3 Å². The molecule has 3 aromatic heterocycles. The minimum Gasteiger partial charge on any atom is -0.460 e. The summed E-state index contributed by atoms with van der Waals surface area (Å²) in [5, 5.41) is 30.0. The number of carbonyl (C=O) groups is 2. The summed E-state index contributed by atoms with van der Waals surface area (Å²) in [4.78, 5) is 35.2. The fourth-order valence-corrected chi connectivity index (χ4v) is 6.15. The van der Waals surface area contributed by atoms with Crippen molar-refractivity contribution in [1.29, 1.82) is 5.26 Å². The largest absolute Gasteiger partial charge is 0.460 e. The maximum atomic E-state index is 15.4. The molecule has 0 aliphatic carbocycles. The number of rotatable bonds is 13. The Morgan fingerprint density at radius 1 is 1.24 bits per heavy atom. The van der Waals surface area contributed by atoms with Crippen LogP contribution in [0.4, 0.5) is 19.4 Å². The molecule has 51 heavy (non-hydrogen) atoms. The van der Waals surface area contributed by atoms with Gasteiger partial charge >= 0.3 is 12.1 Å². The summed E-state index contributed by atoms with van der Waals surface area (Å²) in [6, 6.07) is 14.8. The van der Waals surface area contributed by atoms with Gasteiger partial charge in [-0.2, -0.15) is 9.83 Å². The first kappa shape index (κ1) is 32.6. The quantitative estimate of drug-likeness (QED) is 0.130. The van der Waals surface area contributed by atoms with Crippen molar-refractivity contribution in [1.82, 2.24) is 25.1 Å². The highest BCUT2D eigenvalue weighted by molar-refractivity contribution is 7.10. The Hall–Kier alpha value is -5.63. The molecule has 264 valence electrons. The molecule has 13 nitrogen and oxygen atoms in total. The number of nitrogens with one attached hydrogen (secondary N) is 1. The number of hydrogen-bond acceptors (Lipinski definition) is 11. The number of ether oxygens (including phenoxy) is 2. The van der Waals surface area contributed by atoms with Crippen LogP contribution in [-0.4, -0.2) is 57.5 Å². The van der Waals surface area contributed by atoms with Crippen molar-refractivity contribution >= 4 is 29.2 Å². The third-order valence-electron chi connectivity index (χ3n) is 8.09. The van der Waals surface area contributed by atoms with Crippen LogP contribution in [-0.2, 0) is 33.0 Å². The number of halogens is 2. The molecular formula is C35H35F2N8O5S+. The van der Waals surface area contributed by atoms with Crippen LogP contribution < -0.4 is 14.8 Å². The van der Waals surface area contributed by atoms with Crippen molar-refractivity contribution in [3.05, 3.63) is 112 Å². The van der Waals surface area contributed by atoms with E-state index < -0.39 is 55.0 Å². The number of aliphatic hydroxyl groups is 1. The molecule has 0 bridgehead atoms. The number of benzene rings is 2. The summed E-state index contributed by atoms with van der Waals surface area (Å²) in [5.41, 5.74) is -0.248. The lowest BCUT2D eigenvalue weighted by Crippen LogP contribution is -2.42. The van der Waals surface area contributed by atoms with Gasteiger partial charge in [0.05, 0.1) is 28.9 Å². The molecule has 0 radical (unpaired) electrons. The standard InChI is InChI=1S/C35H35F2N8O5S/c1-22(33-42-30(18-51-33)25-9-7-24(15-38)8-10-25)35(48,28-14-27(36)11-12-29(28)37)19-45-21-44(20-41-45)23(2)50-34(47)43(4)32-26(6-5-13-40-32)17-49-31(46)16-39-3/h5-14,18,20-23,39,48H,16-17,19H2,1-4H3/q+1/t22-,23?,35+/m0/s1/i3D3. The van der Waals surface area contributed by atoms with Crippen LogP contribution in [0, 0.1) is 23.0 Å². The zero-order chi connectivity index (χ0) is 39.2. The Bertz CT molecular complexity index is 2160. The van der Waals surface area contributed by atoms with Gasteiger partial charge in [-0.3, -0.25) is 9.69 Å². The Labute approximate surface area is 300 Å². The van der Waals surface area contributed by atoms with Gasteiger partial charge in [-0.15, -0.1) is 16.0 Å². The van der Waals surface area contributed by atoms with Gasteiger partial charge in [-0.1, -0.05) is 25.1 Å². The molecule has 2 N–H and O–H groups in total. The van der Waals surface area contributed by atoms with Gasteiger partial charge in [-0.25, -0.2) is 23.5 Å². The summed E-state index contributed by atoms with van der Waals surface area (Å²) < 4.78 is 64.8. The predicted molar refractivity (Wildman–Crippen MR) is 181 cm³/mol. The second kappa shape index (κ2) is 15.9. The normalized spacial score (nSPS) is 14.6. The van der Waals surface area contributed by atoms with Crippen LogP contribution >= 0.6 is 11.3 Å². The molecule has 0 spiro atoms. The monoisotopic (exact) mass is 720 g/mol. The third-order valence-corrected chi connectivity index (χ3v) is 9.12. The van der Waals surface area contributed by atoms with E-state index in [-0.39, 0.29) is 24.5 Å². The molecule has 1 unspecified atom stereocenters. The molecule has 0 saturated heterocycles. The first-order valence-corrected chi connectivity index (χ1v) is 16.3. The minimum absolute atomic E-state index is 0.118. The van der Waals surface area contributed by atoms with Gasteiger partial charge in [0, 0.05) is 57.4 Å². The highest BCUT2D eigenvalue weighted by atomic mass is 32.1. The van der Waals surface area contributed by atoms with Gasteiger partial charge in [0.2, 0.25) is 12.6 Å². The smallest absolute Gasteiger partial charge is 0.418 e. The van der Waals surface area contributed by atoms with Crippen LogP contribution in [0.5, 0.6) is 0 Å². The number of likely N-dealkylation sites (N-methyl/N-ethyl adjacent to an activating group) is 1. The highest BCUT2D eigenvalue weighted by Gasteiger charge is 2.43. The predicted octanol–water partition coefficient (Wildman–Crippen LogP) is 4.58. The molecule has 5 aromatic rings. The van der Waals surface area contributed by atoms with Gasteiger partial charge in [0.1, 0.15) is 36.2 Å². The van der Waals surface area contributed by atoms with Crippen LogP contribution in [0.15, 0.2) is 78.8 Å². The van der Waals surface area contributed by atoms with Crippen LogP contribution in [0.25, 0.3) is 11.3 Å². The molecule has 0 aliphatic rings. The number of carbonyl (C=O) groups excluding carboxylic acids is 2. The average Bonchev–Trinajstić information content (AvgIpc) is 3.84. The zero-order valence-corrected chi connectivity index (χ0v) is 28.5. The van der Waals surface area contributed by atoms with Crippen LogP contribution in [0.1, 0.15) is 51.8 Å². The fourth-order valence-electron chi connectivity index (χ4n) is 5.18. The molecule has 5 rings (SSSR count). The summed E-state index contributed by atoms with van der Waals surface area (Å²) in [7, 11) is 1.40. The van der Waals surface area contributed by atoms with E-state index in [2.05, 4.69) is 26.5 Å². The zero-order valence-electron chi connectivity index (χ0n) is 30.7. The number of nitriles is 1. The van der Waals surface area contributed by atoms with E-state index in [0.717, 1.165) is 28.7 Å². The molecule has 0 aliphatic heterocycles. The number of pyridine rings is 1. The first-order chi connectivity index (χ1) is 25.6. The van der Waals surface area contributed by atoms with E-state index in [1.54, 1.807) is 55.6 Å². The van der Waals surface area contributed by atoms with Gasteiger partial charge in [0.15, 0.2) is 0 Å². The number of aromatic nitrogens is 5. The van der Waals surface area contributed by atoms with E-state index in [1.807, 2.05) is 0 Å². The van der Waals surface area contributed by atoms with Gasteiger partial charge < -0.3 is 19.9 Å². The second-order valence-electron chi connectivity index (χ2n) is 11.5. The average molecular weight is 721 g/mol. The number of amides is 1. The molecule has 0 fully saturated rings. The summed E-state index contributed by atoms with van der Waals surface area (Å²) in [6.07, 6.45) is 2.37. The third kappa shape index (κ3) is 8.40. The molecule has 2 aromatic carbocycles. The van der Waals surface area contributed by atoms with Crippen LogP contribution in [0.3, 0.4) is 0 Å².